The lowest BCUT2D eigenvalue weighted by atomic mass is 10.1. The predicted octanol–water partition coefficient (Wildman–Crippen LogP) is 0.808. The van der Waals surface area contributed by atoms with Crippen LogP contribution in [0, 0.1) is 0 Å². The van der Waals surface area contributed by atoms with Gasteiger partial charge in [0.1, 0.15) is 18.5 Å². The first kappa shape index (κ1) is 13.6. The summed E-state index contributed by atoms with van der Waals surface area (Å²) >= 11 is 0. The van der Waals surface area contributed by atoms with Gasteiger partial charge in [0.2, 0.25) is 0 Å². The number of nitrogens with zero attached hydrogens (tertiary/aromatic N) is 5. The Kier molecular flexibility index (Phi) is 3.34. The van der Waals surface area contributed by atoms with Crippen molar-refractivity contribution < 1.29 is 4.79 Å². The molecule has 0 spiro atoms. The summed E-state index contributed by atoms with van der Waals surface area (Å²) in [6.07, 6.45) is 4.69. The summed E-state index contributed by atoms with van der Waals surface area (Å²) in [5.74, 6) is 1.52. The third kappa shape index (κ3) is 2.70. The van der Waals surface area contributed by atoms with Gasteiger partial charge in [-0.2, -0.15) is 10.2 Å². The molecule has 1 unspecified atom stereocenters. The number of aromatic nitrogens is 6. The number of rotatable bonds is 3. The molecule has 4 rings (SSSR count). The maximum atomic E-state index is 12.5. The first-order chi connectivity index (χ1) is 11.3. The number of aromatic amines is 1. The molecule has 3 heterocycles. The Balaban J connectivity index is 1.49. The van der Waals surface area contributed by atoms with Crippen LogP contribution in [0.2, 0.25) is 0 Å². The molecule has 0 saturated carbocycles. The molecule has 116 valence electrons. The van der Waals surface area contributed by atoms with Crippen molar-refractivity contribution in [1.82, 2.24) is 35.3 Å². The standard InChI is InChI=1S/C15H15N7O/c23-15(20-12-4-5-13-16-9-19-22(13)7-12)11-3-1-2-10(6-11)14-17-8-18-21-14/h1-3,6,8-9,12H,4-5,7H2,(H,20,23)(H,17,18,21). The topological polar surface area (TPSA) is 101 Å². The summed E-state index contributed by atoms with van der Waals surface area (Å²) in [7, 11) is 0. The van der Waals surface area contributed by atoms with E-state index in [0.717, 1.165) is 24.2 Å². The van der Waals surface area contributed by atoms with Gasteiger partial charge in [0.25, 0.3) is 5.91 Å². The van der Waals surface area contributed by atoms with E-state index in [1.165, 1.54) is 6.33 Å². The van der Waals surface area contributed by atoms with Crippen LogP contribution in [0.15, 0.2) is 36.9 Å². The second-order valence-electron chi connectivity index (χ2n) is 5.48. The van der Waals surface area contributed by atoms with Crippen molar-refractivity contribution in [3.63, 3.8) is 0 Å². The monoisotopic (exact) mass is 309 g/mol. The minimum absolute atomic E-state index is 0.0608. The third-order valence-electron chi connectivity index (χ3n) is 3.95. The highest BCUT2D eigenvalue weighted by atomic mass is 16.1. The zero-order valence-corrected chi connectivity index (χ0v) is 12.3. The lowest BCUT2D eigenvalue weighted by Crippen LogP contribution is -2.41. The van der Waals surface area contributed by atoms with Crippen LogP contribution in [0.5, 0.6) is 0 Å². The average Bonchev–Trinajstić information content (AvgIpc) is 3.26. The molecule has 8 heteroatoms. The molecule has 0 saturated heterocycles. The summed E-state index contributed by atoms with van der Waals surface area (Å²) in [6.45, 7) is 0.656. The van der Waals surface area contributed by atoms with Crippen LogP contribution in [-0.4, -0.2) is 41.9 Å². The maximum absolute atomic E-state index is 12.5. The average molecular weight is 309 g/mol. The molecule has 0 radical (unpaired) electrons. The molecule has 1 aliphatic rings. The number of aryl methyl sites for hydroxylation is 1. The molecular weight excluding hydrogens is 294 g/mol. The number of H-pyrrole nitrogens is 1. The van der Waals surface area contributed by atoms with Gasteiger partial charge < -0.3 is 5.32 Å². The van der Waals surface area contributed by atoms with Crippen molar-refractivity contribution >= 4 is 5.91 Å². The highest BCUT2D eigenvalue weighted by Crippen LogP contribution is 2.16. The number of benzene rings is 1. The molecule has 0 fully saturated rings. The Morgan fingerprint density at radius 2 is 2.26 bits per heavy atom. The van der Waals surface area contributed by atoms with Crippen LogP contribution in [-0.2, 0) is 13.0 Å². The van der Waals surface area contributed by atoms with E-state index >= 15 is 0 Å². The predicted molar refractivity (Wildman–Crippen MR) is 81.4 cm³/mol. The number of carbonyl (C=O) groups excluding carboxylic acids is 1. The molecule has 1 aliphatic heterocycles. The van der Waals surface area contributed by atoms with E-state index in [1.807, 2.05) is 16.8 Å². The lowest BCUT2D eigenvalue weighted by molar-refractivity contribution is 0.0926. The van der Waals surface area contributed by atoms with Gasteiger partial charge in [0.15, 0.2) is 5.82 Å². The van der Waals surface area contributed by atoms with Crippen LogP contribution in [0.3, 0.4) is 0 Å². The van der Waals surface area contributed by atoms with Crippen LogP contribution in [0.1, 0.15) is 22.6 Å². The molecule has 0 aliphatic carbocycles. The van der Waals surface area contributed by atoms with Crippen molar-refractivity contribution in [2.75, 3.05) is 0 Å². The molecule has 2 aromatic heterocycles. The molecule has 1 amide bonds. The number of nitrogens with one attached hydrogen (secondary N) is 2. The van der Waals surface area contributed by atoms with Crippen molar-refractivity contribution in [1.29, 1.82) is 0 Å². The molecule has 23 heavy (non-hydrogen) atoms. The smallest absolute Gasteiger partial charge is 0.251 e. The second kappa shape index (κ2) is 5.64. The van der Waals surface area contributed by atoms with Gasteiger partial charge in [-0.3, -0.25) is 9.89 Å². The lowest BCUT2D eigenvalue weighted by Gasteiger charge is -2.23. The number of hydrogen-bond acceptors (Lipinski definition) is 5. The summed E-state index contributed by atoms with van der Waals surface area (Å²) in [4.78, 5) is 20.8. The van der Waals surface area contributed by atoms with E-state index in [1.54, 1.807) is 18.5 Å². The summed E-state index contributed by atoms with van der Waals surface area (Å²) in [6, 6.07) is 7.38. The first-order valence-corrected chi connectivity index (χ1v) is 7.43. The molecule has 8 nitrogen and oxygen atoms in total. The van der Waals surface area contributed by atoms with Gasteiger partial charge >= 0.3 is 0 Å². The Morgan fingerprint density at radius 3 is 3.13 bits per heavy atom. The van der Waals surface area contributed by atoms with Crippen LogP contribution in [0.4, 0.5) is 0 Å². The number of fused-ring (bicyclic) bond motifs is 1. The van der Waals surface area contributed by atoms with Crippen LogP contribution >= 0.6 is 0 Å². The number of amides is 1. The number of carbonyl (C=O) groups is 1. The fourth-order valence-electron chi connectivity index (χ4n) is 2.78. The Bertz CT molecular complexity index is 824. The molecule has 0 bridgehead atoms. The van der Waals surface area contributed by atoms with Crippen LogP contribution in [0.25, 0.3) is 11.4 Å². The molecular formula is C15H15N7O. The van der Waals surface area contributed by atoms with Crippen LogP contribution < -0.4 is 5.32 Å². The third-order valence-corrected chi connectivity index (χ3v) is 3.95. The van der Waals surface area contributed by atoms with E-state index in [0.29, 0.717) is 17.9 Å². The maximum Gasteiger partial charge on any atom is 0.251 e. The van der Waals surface area contributed by atoms with Gasteiger partial charge in [0.05, 0.1) is 6.54 Å². The Hall–Kier alpha value is -3.03. The summed E-state index contributed by atoms with van der Waals surface area (Å²) < 4.78 is 1.85. The zero-order valence-electron chi connectivity index (χ0n) is 12.3. The van der Waals surface area contributed by atoms with E-state index in [-0.39, 0.29) is 11.9 Å². The highest BCUT2D eigenvalue weighted by Gasteiger charge is 2.21. The molecule has 3 aromatic rings. The van der Waals surface area contributed by atoms with E-state index in [4.69, 9.17) is 0 Å². The van der Waals surface area contributed by atoms with Crippen molar-refractivity contribution in [3.8, 4) is 11.4 Å². The van der Waals surface area contributed by atoms with Gasteiger partial charge in [0, 0.05) is 23.6 Å². The Labute approximate surface area is 132 Å². The fraction of sp³-hybridized carbons (Fsp3) is 0.267. The zero-order chi connectivity index (χ0) is 15.6. The summed E-state index contributed by atoms with van der Waals surface area (Å²) in [5, 5.41) is 13.9. The SMILES string of the molecule is O=C(NC1CCc2ncnn2C1)c1cccc(-c2ncn[nH]2)c1. The first-order valence-electron chi connectivity index (χ1n) is 7.43. The summed E-state index contributed by atoms with van der Waals surface area (Å²) in [5.41, 5.74) is 1.43. The van der Waals surface area contributed by atoms with Crippen molar-refractivity contribution in [2.45, 2.75) is 25.4 Å². The minimum Gasteiger partial charge on any atom is -0.347 e. The molecule has 1 atom stereocenters. The second-order valence-corrected chi connectivity index (χ2v) is 5.48. The van der Waals surface area contributed by atoms with E-state index in [9.17, 15) is 4.79 Å². The van der Waals surface area contributed by atoms with Gasteiger partial charge in [-0.25, -0.2) is 14.6 Å². The molecule has 1 aromatic carbocycles. The Morgan fingerprint density at radius 1 is 1.30 bits per heavy atom. The molecule has 2 N–H and O–H groups in total. The number of hydrogen-bond donors (Lipinski definition) is 2. The highest BCUT2D eigenvalue weighted by molar-refractivity contribution is 5.95. The van der Waals surface area contributed by atoms with E-state index < -0.39 is 0 Å². The fourth-order valence-corrected chi connectivity index (χ4v) is 2.78. The minimum atomic E-state index is -0.0973. The van der Waals surface area contributed by atoms with Crippen molar-refractivity contribution in [3.05, 3.63) is 48.3 Å². The normalized spacial score (nSPS) is 16.8. The largest absolute Gasteiger partial charge is 0.347 e. The van der Waals surface area contributed by atoms with E-state index in [2.05, 4.69) is 30.6 Å². The van der Waals surface area contributed by atoms with Gasteiger partial charge in [-0.1, -0.05) is 12.1 Å². The van der Waals surface area contributed by atoms with Crippen molar-refractivity contribution in [2.24, 2.45) is 0 Å². The van der Waals surface area contributed by atoms with Gasteiger partial charge in [-0.05, 0) is 18.6 Å². The van der Waals surface area contributed by atoms with Gasteiger partial charge in [-0.15, -0.1) is 0 Å². The quantitative estimate of drug-likeness (QED) is 0.745.